The van der Waals surface area contributed by atoms with Crippen molar-refractivity contribution >= 4 is 0 Å². The first-order chi connectivity index (χ1) is 17.4. The van der Waals surface area contributed by atoms with E-state index in [2.05, 4.69) is 0 Å². The first-order valence-corrected chi connectivity index (χ1v) is 11.2. The summed E-state index contributed by atoms with van der Waals surface area (Å²) in [6.45, 7) is 3.74. The molecule has 0 aliphatic rings. The number of halogens is 6. The van der Waals surface area contributed by atoms with Gasteiger partial charge in [-0.1, -0.05) is 59.7 Å². The molecule has 0 aliphatic heterocycles. The summed E-state index contributed by atoms with van der Waals surface area (Å²) in [4.78, 5) is 0. The predicted molar refractivity (Wildman–Crippen MR) is 128 cm³/mol. The van der Waals surface area contributed by atoms with Gasteiger partial charge in [0.1, 0.15) is 23.0 Å². The van der Waals surface area contributed by atoms with Crippen LogP contribution in [0.1, 0.15) is 22.3 Å². The van der Waals surface area contributed by atoms with Gasteiger partial charge in [0.05, 0.1) is 0 Å². The molecule has 0 fully saturated rings. The molecule has 0 unspecified atom stereocenters. The van der Waals surface area contributed by atoms with Crippen LogP contribution < -0.4 is 9.47 Å². The first-order valence-electron chi connectivity index (χ1n) is 11.2. The molecule has 0 heterocycles. The van der Waals surface area contributed by atoms with Crippen LogP contribution in [-0.2, 0) is 5.41 Å². The van der Waals surface area contributed by atoms with Gasteiger partial charge in [0.2, 0.25) is 5.41 Å². The van der Waals surface area contributed by atoms with Gasteiger partial charge >= 0.3 is 12.4 Å². The fourth-order valence-electron chi connectivity index (χ4n) is 4.01. The Morgan fingerprint density at radius 1 is 0.405 bits per heavy atom. The molecular weight excluding hydrogens is 494 g/mol. The van der Waals surface area contributed by atoms with E-state index >= 15 is 0 Å². The van der Waals surface area contributed by atoms with Gasteiger partial charge < -0.3 is 9.47 Å². The Kier molecular flexibility index (Phi) is 6.95. The summed E-state index contributed by atoms with van der Waals surface area (Å²) in [7, 11) is 0. The number of ether oxygens (including phenoxy) is 2. The molecule has 0 N–H and O–H groups in total. The van der Waals surface area contributed by atoms with E-state index in [1.165, 1.54) is 0 Å². The van der Waals surface area contributed by atoms with Gasteiger partial charge in [-0.05, 0) is 73.5 Å². The zero-order valence-electron chi connectivity index (χ0n) is 19.8. The monoisotopic (exact) mass is 516 g/mol. The number of hydrogen-bond acceptors (Lipinski definition) is 2. The van der Waals surface area contributed by atoms with Gasteiger partial charge in [-0.15, -0.1) is 0 Å². The zero-order valence-corrected chi connectivity index (χ0v) is 19.8. The lowest BCUT2D eigenvalue weighted by Gasteiger charge is -2.38. The Morgan fingerprint density at radius 2 is 0.649 bits per heavy atom. The van der Waals surface area contributed by atoms with Crippen LogP contribution in [0.15, 0.2) is 97.1 Å². The highest BCUT2D eigenvalue weighted by atomic mass is 19.4. The molecule has 192 valence electrons. The van der Waals surface area contributed by atoms with Crippen LogP contribution in [0.2, 0.25) is 0 Å². The Hall–Kier alpha value is -3.94. The fraction of sp³-hybridized carbons (Fsp3) is 0.172. The van der Waals surface area contributed by atoms with Gasteiger partial charge in [-0.25, -0.2) is 0 Å². The largest absolute Gasteiger partial charge is 0.457 e. The molecule has 0 bridgehead atoms. The second-order valence-electron chi connectivity index (χ2n) is 8.62. The summed E-state index contributed by atoms with van der Waals surface area (Å²) in [5, 5.41) is 0. The third-order valence-electron chi connectivity index (χ3n) is 5.94. The van der Waals surface area contributed by atoms with Crippen molar-refractivity contribution in [1.82, 2.24) is 0 Å². The molecule has 4 aromatic rings. The summed E-state index contributed by atoms with van der Waals surface area (Å²) in [5.74, 6) is 1.02. The van der Waals surface area contributed by atoms with Crippen molar-refractivity contribution in [3.05, 3.63) is 119 Å². The summed E-state index contributed by atoms with van der Waals surface area (Å²) < 4.78 is 97.7. The van der Waals surface area contributed by atoms with Crippen LogP contribution in [0.25, 0.3) is 0 Å². The van der Waals surface area contributed by atoms with Crippen LogP contribution in [0.4, 0.5) is 26.3 Å². The van der Waals surface area contributed by atoms with Crippen molar-refractivity contribution in [3.8, 4) is 23.0 Å². The molecule has 4 aromatic carbocycles. The minimum absolute atomic E-state index is 0.104. The van der Waals surface area contributed by atoms with Crippen molar-refractivity contribution in [2.75, 3.05) is 0 Å². The molecular formula is C29H22F6O2. The minimum Gasteiger partial charge on any atom is -0.457 e. The van der Waals surface area contributed by atoms with Crippen molar-refractivity contribution < 1.29 is 35.8 Å². The summed E-state index contributed by atoms with van der Waals surface area (Å²) in [6, 6.07) is 21.2. The first kappa shape index (κ1) is 26.1. The smallest absolute Gasteiger partial charge is 0.411 e. The summed E-state index contributed by atoms with van der Waals surface area (Å²) in [5.41, 5.74) is -4.27. The Bertz CT molecular complexity index is 1220. The molecule has 0 aromatic heterocycles. The Morgan fingerprint density at radius 3 is 0.892 bits per heavy atom. The highest BCUT2D eigenvalue weighted by molar-refractivity contribution is 5.48. The molecule has 0 spiro atoms. The van der Waals surface area contributed by atoms with E-state index in [1.54, 1.807) is 48.5 Å². The second-order valence-corrected chi connectivity index (χ2v) is 8.62. The van der Waals surface area contributed by atoms with Crippen LogP contribution in [0.3, 0.4) is 0 Å². The number of hydrogen-bond donors (Lipinski definition) is 0. The summed E-state index contributed by atoms with van der Waals surface area (Å²) >= 11 is 0. The SMILES string of the molecule is Cc1ccc(Oc2ccc(C(c3ccc(Oc4ccc(C)cc4)cc3)(C(F)(F)F)C(F)(F)F)cc2)cc1. The lowest BCUT2D eigenvalue weighted by atomic mass is 9.73. The standard InChI is InChI=1S/C29H22F6O2/c1-19-3-11-23(12-4-19)36-25-15-7-21(8-16-25)27(28(30,31)32,29(33,34)35)22-9-17-26(18-10-22)37-24-13-5-20(2)6-14-24/h3-18H,1-2H3. The van der Waals surface area contributed by atoms with Crippen molar-refractivity contribution in [3.63, 3.8) is 0 Å². The molecule has 0 aliphatic carbocycles. The topological polar surface area (TPSA) is 18.5 Å². The van der Waals surface area contributed by atoms with E-state index in [9.17, 15) is 26.3 Å². The third kappa shape index (κ3) is 5.28. The maximum absolute atomic E-state index is 14.4. The van der Waals surface area contributed by atoms with Gasteiger partial charge in [-0.2, -0.15) is 26.3 Å². The molecule has 0 atom stereocenters. The van der Waals surface area contributed by atoms with Crippen LogP contribution in [0, 0.1) is 13.8 Å². The zero-order chi connectivity index (χ0) is 26.8. The van der Waals surface area contributed by atoms with Gasteiger partial charge in [0.15, 0.2) is 0 Å². The predicted octanol–water partition coefficient (Wildman–Crippen LogP) is 9.30. The van der Waals surface area contributed by atoms with Gasteiger partial charge in [-0.3, -0.25) is 0 Å². The number of alkyl halides is 6. The Balaban J connectivity index is 1.71. The van der Waals surface area contributed by atoms with Crippen molar-refractivity contribution in [2.45, 2.75) is 31.6 Å². The molecule has 0 saturated heterocycles. The quantitative estimate of drug-likeness (QED) is 0.238. The van der Waals surface area contributed by atoms with Crippen molar-refractivity contribution in [1.29, 1.82) is 0 Å². The normalized spacial score (nSPS) is 12.3. The molecule has 37 heavy (non-hydrogen) atoms. The number of benzene rings is 4. The lowest BCUT2D eigenvalue weighted by Crippen LogP contribution is -2.54. The van der Waals surface area contributed by atoms with Crippen LogP contribution in [-0.4, -0.2) is 12.4 Å². The van der Waals surface area contributed by atoms with Gasteiger partial charge in [0.25, 0.3) is 0 Å². The van der Waals surface area contributed by atoms with E-state index in [1.807, 2.05) is 13.8 Å². The molecule has 0 saturated carbocycles. The van der Waals surface area contributed by atoms with E-state index in [0.29, 0.717) is 11.5 Å². The molecule has 2 nitrogen and oxygen atoms in total. The van der Waals surface area contributed by atoms with E-state index in [0.717, 1.165) is 59.7 Å². The number of rotatable bonds is 6. The van der Waals surface area contributed by atoms with Crippen molar-refractivity contribution in [2.24, 2.45) is 0 Å². The third-order valence-corrected chi connectivity index (χ3v) is 5.94. The van der Waals surface area contributed by atoms with Crippen LogP contribution in [0.5, 0.6) is 23.0 Å². The maximum Gasteiger partial charge on any atom is 0.411 e. The Labute approximate surface area is 210 Å². The molecule has 0 radical (unpaired) electrons. The fourth-order valence-corrected chi connectivity index (χ4v) is 4.01. The van der Waals surface area contributed by atoms with E-state index in [4.69, 9.17) is 9.47 Å². The average Bonchev–Trinajstić information content (AvgIpc) is 2.83. The summed E-state index contributed by atoms with van der Waals surface area (Å²) in [6.07, 6.45) is -11.4. The molecule has 8 heteroatoms. The highest BCUT2D eigenvalue weighted by Crippen LogP contribution is 2.56. The van der Waals surface area contributed by atoms with Gasteiger partial charge in [0, 0.05) is 0 Å². The highest BCUT2D eigenvalue weighted by Gasteiger charge is 2.72. The lowest BCUT2D eigenvalue weighted by molar-refractivity contribution is -0.288. The van der Waals surface area contributed by atoms with E-state index < -0.39 is 28.9 Å². The minimum atomic E-state index is -5.69. The second kappa shape index (κ2) is 9.84. The van der Waals surface area contributed by atoms with E-state index in [-0.39, 0.29) is 11.5 Å². The van der Waals surface area contributed by atoms with Crippen LogP contribution >= 0.6 is 0 Å². The molecule has 4 rings (SSSR count). The average molecular weight is 516 g/mol. The number of aryl methyl sites for hydroxylation is 2. The maximum atomic E-state index is 14.4. The molecule has 0 amide bonds.